The van der Waals surface area contributed by atoms with Gasteiger partial charge in [0.2, 0.25) is 0 Å². The molecule has 0 bridgehead atoms. The van der Waals surface area contributed by atoms with Crippen LogP contribution in [0.1, 0.15) is 0 Å². The van der Waals surface area contributed by atoms with Crippen molar-refractivity contribution < 1.29 is 0 Å². The van der Waals surface area contributed by atoms with Crippen LogP contribution in [0.4, 0.5) is 0 Å². The van der Waals surface area contributed by atoms with Crippen molar-refractivity contribution >= 4 is 43.1 Å². The molecular weight excluding hydrogens is 408 g/mol. The molecule has 0 saturated heterocycles. The summed E-state index contributed by atoms with van der Waals surface area (Å²) in [6.07, 6.45) is 0. The fourth-order valence-corrected chi connectivity index (χ4v) is 6.04. The van der Waals surface area contributed by atoms with Crippen LogP contribution in [0, 0.1) is 0 Å². The molecule has 0 saturated carbocycles. The van der Waals surface area contributed by atoms with Crippen LogP contribution in [0.25, 0.3) is 76.5 Å². The summed E-state index contributed by atoms with van der Waals surface area (Å²) in [6.45, 7) is 0. The minimum Gasteiger partial charge on any atom is -0.0616 e. The summed E-state index contributed by atoms with van der Waals surface area (Å²) >= 11 is 0. The van der Waals surface area contributed by atoms with Gasteiger partial charge in [-0.1, -0.05) is 103 Å². The zero-order valence-corrected chi connectivity index (χ0v) is 18.5. The molecule has 0 radical (unpaired) electrons. The first kappa shape index (κ1) is 18.1. The van der Waals surface area contributed by atoms with E-state index < -0.39 is 0 Å². The van der Waals surface area contributed by atoms with Crippen molar-refractivity contribution in [3.8, 4) is 33.4 Å². The number of fused-ring (bicyclic) bond motifs is 8. The number of hydrogen-bond donors (Lipinski definition) is 0. The molecule has 34 heavy (non-hydrogen) atoms. The highest BCUT2D eigenvalue weighted by atomic mass is 14.3. The van der Waals surface area contributed by atoms with E-state index in [9.17, 15) is 0 Å². The molecule has 1 aliphatic rings. The Morgan fingerprint density at radius 1 is 0.294 bits per heavy atom. The standard InChI is InChI=1S/C34H20/c1-2-9-22-18-23(17-16-21(22)8-1)30-19-32-29-15-7-14-28-24-10-3-6-13-27(24)33(34(28)29)20-31(32)26-12-5-4-11-25(26)30/h1-20H. The summed E-state index contributed by atoms with van der Waals surface area (Å²) < 4.78 is 0. The highest BCUT2D eigenvalue weighted by molar-refractivity contribution is 6.28. The maximum absolute atomic E-state index is 2.43. The first-order chi connectivity index (χ1) is 16.9. The molecule has 0 aliphatic heterocycles. The van der Waals surface area contributed by atoms with Crippen molar-refractivity contribution in [1.29, 1.82) is 0 Å². The van der Waals surface area contributed by atoms with Gasteiger partial charge in [0.05, 0.1) is 0 Å². The summed E-state index contributed by atoms with van der Waals surface area (Å²) in [7, 11) is 0. The largest absolute Gasteiger partial charge is 0.0616 e. The lowest BCUT2D eigenvalue weighted by atomic mass is 9.88. The molecule has 7 aromatic carbocycles. The van der Waals surface area contributed by atoms with E-state index >= 15 is 0 Å². The van der Waals surface area contributed by atoms with Crippen LogP contribution in [0.2, 0.25) is 0 Å². The summed E-state index contributed by atoms with van der Waals surface area (Å²) in [5, 5.41) is 10.6. The molecule has 0 fully saturated rings. The summed E-state index contributed by atoms with van der Waals surface area (Å²) in [5.41, 5.74) is 7.96. The molecule has 7 aromatic rings. The first-order valence-corrected chi connectivity index (χ1v) is 11.9. The third-order valence-corrected chi connectivity index (χ3v) is 7.57. The molecule has 156 valence electrons. The third kappa shape index (κ3) is 2.32. The molecule has 0 N–H and O–H groups in total. The smallest absolute Gasteiger partial charge is 0.00199 e. The molecule has 0 spiro atoms. The lowest BCUT2D eigenvalue weighted by molar-refractivity contribution is 1.70. The van der Waals surface area contributed by atoms with Gasteiger partial charge in [-0.25, -0.2) is 0 Å². The molecule has 0 nitrogen and oxygen atoms in total. The SMILES string of the molecule is c1ccc2c(c1)-c1cccc3c1c-2cc1c2ccccc2c(-c2ccc4ccccc4c2)cc31. The molecule has 0 unspecified atom stereocenters. The fraction of sp³-hybridized carbons (Fsp3) is 0. The lowest BCUT2D eigenvalue weighted by Crippen LogP contribution is -1.87. The van der Waals surface area contributed by atoms with Gasteiger partial charge in [0.25, 0.3) is 0 Å². The Morgan fingerprint density at radius 3 is 1.79 bits per heavy atom. The Labute approximate surface area is 197 Å². The molecule has 0 aromatic heterocycles. The van der Waals surface area contributed by atoms with Gasteiger partial charge in [0, 0.05) is 0 Å². The summed E-state index contributed by atoms with van der Waals surface area (Å²) in [4.78, 5) is 0. The van der Waals surface area contributed by atoms with Gasteiger partial charge in [0.1, 0.15) is 0 Å². The maximum Gasteiger partial charge on any atom is -0.00199 e. The average molecular weight is 429 g/mol. The molecule has 0 amide bonds. The third-order valence-electron chi connectivity index (χ3n) is 7.57. The van der Waals surface area contributed by atoms with Gasteiger partial charge >= 0.3 is 0 Å². The highest BCUT2D eigenvalue weighted by Crippen LogP contribution is 2.50. The zero-order chi connectivity index (χ0) is 22.2. The van der Waals surface area contributed by atoms with Crippen LogP contribution in [-0.2, 0) is 0 Å². The van der Waals surface area contributed by atoms with Gasteiger partial charge in [-0.3, -0.25) is 0 Å². The quantitative estimate of drug-likeness (QED) is 0.228. The Morgan fingerprint density at radius 2 is 0.912 bits per heavy atom. The topological polar surface area (TPSA) is 0 Å². The van der Waals surface area contributed by atoms with E-state index in [4.69, 9.17) is 0 Å². The average Bonchev–Trinajstić information content (AvgIpc) is 3.23. The molecular formula is C34H20. The van der Waals surface area contributed by atoms with E-state index in [1.165, 1.54) is 76.5 Å². The Balaban J connectivity index is 1.54. The summed E-state index contributed by atoms with van der Waals surface area (Å²) in [5.74, 6) is 0. The molecule has 0 heterocycles. The lowest BCUT2D eigenvalue weighted by Gasteiger charge is -2.15. The second-order valence-electron chi connectivity index (χ2n) is 9.32. The number of hydrogen-bond acceptors (Lipinski definition) is 0. The van der Waals surface area contributed by atoms with Crippen LogP contribution < -0.4 is 0 Å². The minimum atomic E-state index is 1.27. The molecule has 0 atom stereocenters. The fourth-order valence-electron chi connectivity index (χ4n) is 6.04. The zero-order valence-electron chi connectivity index (χ0n) is 18.5. The van der Waals surface area contributed by atoms with Gasteiger partial charge < -0.3 is 0 Å². The summed E-state index contributed by atoms with van der Waals surface area (Å²) in [6, 6.07) is 44.8. The normalized spacial score (nSPS) is 12.1. The van der Waals surface area contributed by atoms with Crippen LogP contribution in [0.5, 0.6) is 0 Å². The van der Waals surface area contributed by atoms with Crippen molar-refractivity contribution in [1.82, 2.24) is 0 Å². The second-order valence-corrected chi connectivity index (χ2v) is 9.32. The molecule has 0 heteroatoms. The second kappa shape index (κ2) is 6.56. The van der Waals surface area contributed by atoms with Crippen molar-refractivity contribution in [2.75, 3.05) is 0 Å². The van der Waals surface area contributed by atoms with Crippen molar-refractivity contribution in [3.63, 3.8) is 0 Å². The predicted octanol–water partition coefficient (Wildman–Crippen LogP) is 9.61. The van der Waals surface area contributed by atoms with E-state index in [-0.39, 0.29) is 0 Å². The highest BCUT2D eigenvalue weighted by Gasteiger charge is 2.23. The van der Waals surface area contributed by atoms with E-state index in [1.54, 1.807) is 0 Å². The van der Waals surface area contributed by atoms with E-state index in [0.717, 1.165) is 0 Å². The Bertz CT molecular complexity index is 1960. The molecule has 8 rings (SSSR count). The van der Waals surface area contributed by atoms with Crippen molar-refractivity contribution in [2.45, 2.75) is 0 Å². The van der Waals surface area contributed by atoms with Crippen molar-refractivity contribution in [2.24, 2.45) is 0 Å². The van der Waals surface area contributed by atoms with Gasteiger partial charge in [-0.15, -0.1) is 0 Å². The minimum absolute atomic E-state index is 1.27. The van der Waals surface area contributed by atoms with Crippen LogP contribution in [0.3, 0.4) is 0 Å². The Kier molecular flexibility index (Phi) is 3.48. The van der Waals surface area contributed by atoms with Gasteiger partial charge in [-0.05, 0) is 94.7 Å². The first-order valence-electron chi connectivity index (χ1n) is 11.9. The molecule has 1 aliphatic carbocycles. The van der Waals surface area contributed by atoms with E-state index in [0.29, 0.717) is 0 Å². The monoisotopic (exact) mass is 428 g/mol. The van der Waals surface area contributed by atoms with Crippen LogP contribution in [-0.4, -0.2) is 0 Å². The predicted molar refractivity (Wildman–Crippen MR) is 146 cm³/mol. The van der Waals surface area contributed by atoms with Gasteiger partial charge in [-0.2, -0.15) is 0 Å². The number of rotatable bonds is 1. The van der Waals surface area contributed by atoms with E-state index in [1.807, 2.05) is 0 Å². The number of benzene rings is 7. The van der Waals surface area contributed by atoms with Crippen molar-refractivity contribution in [3.05, 3.63) is 121 Å². The van der Waals surface area contributed by atoms with E-state index in [2.05, 4.69) is 121 Å². The Hall–Kier alpha value is -4.42. The maximum atomic E-state index is 2.43. The van der Waals surface area contributed by atoms with Crippen LogP contribution in [0.15, 0.2) is 121 Å². The van der Waals surface area contributed by atoms with Gasteiger partial charge in [0.15, 0.2) is 0 Å². The van der Waals surface area contributed by atoms with Crippen LogP contribution >= 0.6 is 0 Å².